The van der Waals surface area contributed by atoms with Gasteiger partial charge in [-0.05, 0) is 19.4 Å². The molecule has 0 aliphatic carbocycles. The van der Waals surface area contributed by atoms with Gasteiger partial charge in [0.1, 0.15) is 5.54 Å². The van der Waals surface area contributed by atoms with E-state index in [9.17, 15) is 13.6 Å². The molecule has 0 saturated carbocycles. The molecule has 1 aliphatic heterocycles. The Morgan fingerprint density at radius 3 is 2.79 bits per heavy atom. The van der Waals surface area contributed by atoms with E-state index in [0.29, 0.717) is 13.0 Å². The van der Waals surface area contributed by atoms with E-state index in [2.05, 4.69) is 0 Å². The lowest BCUT2D eigenvalue weighted by atomic mass is 10.0. The van der Waals surface area contributed by atoms with Gasteiger partial charge in [0.05, 0.1) is 0 Å². The predicted molar refractivity (Wildman–Crippen MR) is 65.5 cm³/mol. The molecule has 0 spiro atoms. The third kappa shape index (κ3) is 2.46. The number of carboxylic acids is 1. The topological polar surface area (TPSA) is 66.6 Å². The van der Waals surface area contributed by atoms with Gasteiger partial charge in [-0.15, -0.1) is 0 Å². The summed E-state index contributed by atoms with van der Waals surface area (Å²) in [6.07, 6.45) is 0.295. The maximum atomic E-state index is 13.7. The fraction of sp³-hybridized carbons (Fsp3) is 0.462. The van der Waals surface area contributed by atoms with Crippen molar-refractivity contribution in [1.82, 2.24) is 4.90 Å². The van der Waals surface area contributed by atoms with Gasteiger partial charge in [0, 0.05) is 24.7 Å². The third-order valence-electron chi connectivity index (χ3n) is 3.74. The molecule has 1 aromatic carbocycles. The Hall–Kier alpha value is -1.53. The van der Waals surface area contributed by atoms with Gasteiger partial charge in [-0.2, -0.15) is 0 Å². The summed E-state index contributed by atoms with van der Waals surface area (Å²) in [5.41, 5.74) is 4.68. The zero-order valence-electron chi connectivity index (χ0n) is 10.6. The molecule has 2 rings (SSSR count). The van der Waals surface area contributed by atoms with Crippen molar-refractivity contribution in [2.24, 2.45) is 5.73 Å². The number of aliphatic carboxylic acids is 1. The molecule has 1 saturated heterocycles. The van der Waals surface area contributed by atoms with Gasteiger partial charge < -0.3 is 10.8 Å². The van der Waals surface area contributed by atoms with Crippen molar-refractivity contribution in [3.63, 3.8) is 0 Å². The summed E-state index contributed by atoms with van der Waals surface area (Å²) in [7, 11) is 0. The monoisotopic (exact) mass is 270 g/mol. The van der Waals surface area contributed by atoms with Crippen LogP contribution in [-0.2, 0) is 4.79 Å². The molecule has 1 aliphatic rings. The fourth-order valence-corrected chi connectivity index (χ4v) is 2.41. The normalized spacial score (nSPS) is 25.5. The van der Waals surface area contributed by atoms with Crippen LogP contribution in [0.1, 0.15) is 24.9 Å². The minimum atomic E-state index is -1.31. The Balaban J connectivity index is 2.20. The van der Waals surface area contributed by atoms with Gasteiger partial charge in [-0.25, -0.2) is 8.78 Å². The molecular formula is C13H16F2N2O2. The van der Waals surface area contributed by atoms with Crippen molar-refractivity contribution in [3.8, 4) is 0 Å². The van der Waals surface area contributed by atoms with Crippen LogP contribution in [0, 0.1) is 11.6 Å². The van der Waals surface area contributed by atoms with Crippen LogP contribution < -0.4 is 5.73 Å². The van der Waals surface area contributed by atoms with Crippen LogP contribution in [0.25, 0.3) is 0 Å². The number of nitrogens with zero attached hydrogens (tertiary/aromatic N) is 1. The van der Waals surface area contributed by atoms with E-state index in [1.165, 1.54) is 12.1 Å². The number of hydrogen-bond acceptors (Lipinski definition) is 3. The number of nitrogens with two attached hydrogens (primary N) is 1. The molecule has 1 aromatic rings. The maximum absolute atomic E-state index is 13.7. The van der Waals surface area contributed by atoms with Crippen molar-refractivity contribution in [3.05, 3.63) is 35.4 Å². The summed E-state index contributed by atoms with van der Waals surface area (Å²) in [4.78, 5) is 12.8. The number of halogens is 2. The standard InChI is InChI=1S/C13H16F2N2O2/c1-8(9-3-2-4-10(14)11(9)15)17-6-5-13(16,7-17)12(18)19/h2-4,8H,5-7,16H2,1H3,(H,18,19). The molecule has 19 heavy (non-hydrogen) atoms. The average molecular weight is 270 g/mol. The van der Waals surface area contributed by atoms with Crippen LogP contribution in [0.3, 0.4) is 0 Å². The largest absolute Gasteiger partial charge is 0.480 e. The van der Waals surface area contributed by atoms with Crippen LogP contribution in [-0.4, -0.2) is 34.6 Å². The van der Waals surface area contributed by atoms with E-state index in [4.69, 9.17) is 10.8 Å². The Bertz CT molecular complexity index is 509. The minimum absolute atomic E-state index is 0.124. The first-order chi connectivity index (χ1) is 8.85. The summed E-state index contributed by atoms with van der Waals surface area (Å²) in [6.45, 7) is 2.28. The molecule has 2 unspecified atom stereocenters. The number of hydrogen-bond donors (Lipinski definition) is 2. The lowest BCUT2D eigenvalue weighted by Crippen LogP contribution is -2.50. The number of carboxylic acid groups (broad SMARTS) is 1. The summed E-state index contributed by atoms with van der Waals surface area (Å²) < 4.78 is 26.9. The van der Waals surface area contributed by atoms with Gasteiger partial charge in [0.25, 0.3) is 0 Å². The summed E-state index contributed by atoms with van der Waals surface area (Å²) >= 11 is 0. The van der Waals surface area contributed by atoms with Crippen molar-refractivity contribution in [1.29, 1.82) is 0 Å². The number of benzene rings is 1. The lowest BCUT2D eigenvalue weighted by Gasteiger charge is -2.26. The van der Waals surface area contributed by atoms with Crippen molar-refractivity contribution in [2.45, 2.75) is 24.9 Å². The lowest BCUT2D eigenvalue weighted by molar-refractivity contribution is -0.142. The van der Waals surface area contributed by atoms with Crippen LogP contribution >= 0.6 is 0 Å². The van der Waals surface area contributed by atoms with E-state index >= 15 is 0 Å². The quantitative estimate of drug-likeness (QED) is 0.873. The maximum Gasteiger partial charge on any atom is 0.325 e. The highest BCUT2D eigenvalue weighted by Gasteiger charge is 2.43. The molecule has 104 valence electrons. The molecule has 0 bridgehead atoms. The zero-order valence-corrected chi connectivity index (χ0v) is 10.6. The molecule has 1 heterocycles. The smallest absolute Gasteiger partial charge is 0.325 e. The van der Waals surface area contributed by atoms with E-state index in [0.717, 1.165) is 6.07 Å². The Labute approximate surface area is 109 Å². The molecule has 0 aromatic heterocycles. The van der Waals surface area contributed by atoms with Crippen LogP contribution in [0.2, 0.25) is 0 Å². The Morgan fingerprint density at radius 2 is 2.21 bits per heavy atom. The number of rotatable bonds is 3. The molecule has 3 N–H and O–H groups in total. The molecule has 2 atom stereocenters. The first kappa shape index (κ1) is 13.9. The predicted octanol–water partition coefficient (Wildman–Crippen LogP) is 1.51. The van der Waals surface area contributed by atoms with E-state index in [-0.39, 0.29) is 12.1 Å². The highest BCUT2D eigenvalue weighted by molar-refractivity contribution is 5.79. The van der Waals surface area contributed by atoms with E-state index in [1.54, 1.807) is 11.8 Å². The second kappa shape index (κ2) is 4.86. The summed E-state index contributed by atoms with van der Waals surface area (Å²) in [5, 5.41) is 9.06. The summed E-state index contributed by atoms with van der Waals surface area (Å²) in [6, 6.07) is 3.58. The van der Waals surface area contributed by atoms with Crippen molar-refractivity contribution < 1.29 is 18.7 Å². The highest BCUT2D eigenvalue weighted by atomic mass is 19.2. The second-order valence-electron chi connectivity index (χ2n) is 5.00. The average Bonchev–Trinajstić information content (AvgIpc) is 2.76. The van der Waals surface area contributed by atoms with Gasteiger partial charge in [-0.3, -0.25) is 9.69 Å². The molecular weight excluding hydrogens is 254 g/mol. The molecule has 1 fully saturated rings. The molecule has 6 heteroatoms. The summed E-state index contributed by atoms with van der Waals surface area (Å²) in [5.74, 6) is -2.86. The zero-order chi connectivity index (χ0) is 14.2. The van der Waals surface area contributed by atoms with Crippen LogP contribution in [0.15, 0.2) is 18.2 Å². The first-order valence-corrected chi connectivity index (χ1v) is 6.05. The SMILES string of the molecule is CC(c1cccc(F)c1F)N1CCC(N)(C(=O)O)C1. The Morgan fingerprint density at radius 1 is 1.53 bits per heavy atom. The van der Waals surface area contributed by atoms with E-state index < -0.39 is 29.2 Å². The van der Waals surface area contributed by atoms with Gasteiger partial charge >= 0.3 is 5.97 Å². The van der Waals surface area contributed by atoms with Gasteiger partial charge in [0.15, 0.2) is 11.6 Å². The molecule has 0 radical (unpaired) electrons. The number of likely N-dealkylation sites (tertiary alicyclic amines) is 1. The molecule has 0 amide bonds. The third-order valence-corrected chi connectivity index (χ3v) is 3.74. The highest BCUT2D eigenvalue weighted by Crippen LogP contribution is 2.30. The van der Waals surface area contributed by atoms with Gasteiger partial charge in [0.2, 0.25) is 0 Å². The van der Waals surface area contributed by atoms with Crippen LogP contribution in [0.4, 0.5) is 8.78 Å². The minimum Gasteiger partial charge on any atom is -0.480 e. The van der Waals surface area contributed by atoms with Gasteiger partial charge in [-0.1, -0.05) is 12.1 Å². The van der Waals surface area contributed by atoms with E-state index in [1.807, 2.05) is 0 Å². The second-order valence-corrected chi connectivity index (χ2v) is 5.00. The first-order valence-electron chi connectivity index (χ1n) is 6.05. The van der Waals surface area contributed by atoms with Crippen molar-refractivity contribution >= 4 is 5.97 Å². The number of carbonyl (C=O) groups is 1. The van der Waals surface area contributed by atoms with Crippen molar-refractivity contribution in [2.75, 3.05) is 13.1 Å². The van der Waals surface area contributed by atoms with Crippen LogP contribution in [0.5, 0.6) is 0 Å². The Kier molecular flexibility index (Phi) is 3.56. The fourth-order valence-electron chi connectivity index (χ4n) is 2.41. The molecule has 4 nitrogen and oxygen atoms in total.